The van der Waals surface area contributed by atoms with Crippen molar-refractivity contribution in [3.63, 3.8) is 0 Å². The van der Waals surface area contributed by atoms with Gasteiger partial charge in [0.25, 0.3) is 0 Å². The number of aliphatic hydroxyl groups is 2. The van der Waals surface area contributed by atoms with Crippen LogP contribution < -0.4 is 5.32 Å². The van der Waals surface area contributed by atoms with Crippen molar-refractivity contribution in [1.29, 1.82) is 0 Å². The van der Waals surface area contributed by atoms with Crippen molar-refractivity contribution >= 4 is 11.9 Å². The van der Waals surface area contributed by atoms with Gasteiger partial charge in [-0.3, -0.25) is 9.59 Å². The van der Waals surface area contributed by atoms with Gasteiger partial charge >= 0.3 is 5.97 Å². The zero-order valence-corrected chi connectivity index (χ0v) is 46.6. The van der Waals surface area contributed by atoms with E-state index in [4.69, 9.17) is 4.74 Å². The minimum Gasteiger partial charge on any atom is -0.466 e. The number of hydrogen-bond donors (Lipinski definition) is 3. The van der Waals surface area contributed by atoms with E-state index in [1.807, 2.05) is 0 Å². The lowest BCUT2D eigenvalue weighted by Crippen LogP contribution is -2.45. The summed E-state index contributed by atoms with van der Waals surface area (Å²) in [5, 5.41) is 23.4. The molecule has 2 unspecified atom stereocenters. The first-order valence-electron chi connectivity index (χ1n) is 31.1. The molecule has 0 saturated heterocycles. The molecule has 0 aliphatic rings. The normalized spacial score (nSPS) is 12.7. The molecular weight excluding hydrogens is 851 g/mol. The lowest BCUT2D eigenvalue weighted by Gasteiger charge is -2.22. The van der Waals surface area contributed by atoms with Gasteiger partial charge in [0.05, 0.1) is 25.4 Å². The van der Waals surface area contributed by atoms with E-state index in [9.17, 15) is 19.8 Å². The van der Waals surface area contributed by atoms with Gasteiger partial charge in [0.2, 0.25) is 5.91 Å². The van der Waals surface area contributed by atoms with Gasteiger partial charge < -0.3 is 20.3 Å². The minimum atomic E-state index is -0.675. The van der Waals surface area contributed by atoms with Gasteiger partial charge in [0.15, 0.2) is 0 Å². The molecular formula is C63H121NO5. The Bertz CT molecular complexity index is 1080. The van der Waals surface area contributed by atoms with Gasteiger partial charge in [-0.05, 0) is 77.0 Å². The summed E-state index contributed by atoms with van der Waals surface area (Å²) in [7, 11) is 0. The average Bonchev–Trinajstić information content (AvgIpc) is 3.35. The molecule has 0 bridgehead atoms. The lowest BCUT2D eigenvalue weighted by molar-refractivity contribution is -0.143. The third kappa shape index (κ3) is 55.5. The van der Waals surface area contributed by atoms with Crippen LogP contribution in [0, 0.1) is 0 Å². The summed E-state index contributed by atoms with van der Waals surface area (Å²) in [5.74, 6) is -0.0639. The monoisotopic (exact) mass is 972 g/mol. The van der Waals surface area contributed by atoms with Crippen LogP contribution in [0.25, 0.3) is 0 Å². The van der Waals surface area contributed by atoms with Gasteiger partial charge in [-0.1, -0.05) is 276 Å². The van der Waals surface area contributed by atoms with Gasteiger partial charge in [-0.15, -0.1) is 0 Å². The van der Waals surface area contributed by atoms with Crippen LogP contribution in [0.2, 0.25) is 0 Å². The van der Waals surface area contributed by atoms with Crippen LogP contribution in [-0.2, 0) is 14.3 Å². The Morgan fingerprint density at radius 3 is 1.03 bits per heavy atom. The second-order valence-corrected chi connectivity index (χ2v) is 21.4. The molecule has 6 heteroatoms. The molecule has 0 aromatic carbocycles. The zero-order valence-electron chi connectivity index (χ0n) is 46.6. The largest absolute Gasteiger partial charge is 0.466 e. The molecule has 0 aliphatic carbocycles. The lowest BCUT2D eigenvalue weighted by atomic mass is 10.0. The maximum absolute atomic E-state index is 12.5. The number of nitrogens with one attached hydrogen (secondary N) is 1. The third-order valence-corrected chi connectivity index (χ3v) is 14.5. The number of aliphatic hydroxyl groups excluding tert-OH is 2. The summed E-state index contributed by atoms with van der Waals surface area (Å²) in [5.41, 5.74) is 0. The Morgan fingerprint density at radius 1 is 0.391 bits per heavy atom. The molecule has 1 amide bonds. The van der Waals surface area contributed by atoms with Crippen molar-refractivity contribution in [2.45, 2.75) is 353 Å². The first kappa shape index (κ1) is 67.3. The van der Waals surface area contributed by atoms with Crippen LogP contribution in [0.5, 0.6) is 0 Å². The van der Waals surface area contributed by atoms with Gasteiger partial charge in [0, 0.05) is 12.8 Å². The zero-order chi connectivity index (χ0) is 50.0. The van der Waals surface area contributed by atoms with Crippen LogP contribution >= 0.6 is 0 Å². The average molecular weight is 973 g/mol. The number of carbonyl (C=O) groups excluding carboxylic acids is 2. The second-order valence-electron chi connectivity index (χ2n) is 21.4. The summed E-state index contributed by atoms with van der Waals surface area (Å²) in [6.07, 6.45) is 71.8. The molecule has 0 aromatic rings. The smallest absolute Gasteiger partial charge is 0.305 e. The number of carbonyl (C=O) groups is 2. The van der Waals surface area contributed by atoms with Gasteiger partial charge in [-0.25, -0.2) is 0 Å². The Balaban J connectivity index is 3.47. The quantitative estimate of drug-likeness (QED) is 0.0321. The molecule has 0 radical (unpaired) electrons. The summed E-state index contributed by atoms with van der Waals surface area (Å²) >= 11 is 0. The maximum Gasteiger partial charge on any atom is 0.305 e. The number of rotatable bonds is 58. The Hall–Kier alpha value is -1.66. The van der Waals surface area contributed by atoms with Crippen molar-refractivity contribution in [3.8, 4) is 0 Å². The summed E-state index contributed by atoms with van der Waals surface area (Å²) in [6.45, 7) is 4.94. The van der Waals surface area contributed by atoms with E-state index in [0.717, 1.165) is 70.6 Å². The predicted molar refractivity (Wildman–Crippen MR) is 301 cm³/mol. The second kappa shape index (κ2) is 58.9. The molecule has 0 heterocycles. The van der Waals surface area contributed by atoms with E-state index in [1.165, 1.54) is 238 Å². The number of unbranched alkanes of at least 4 members (excludes halogenated alkanes) is 43. The van der Waals surface area contributed by atoms with Crippen molar-refractivity contribution in [3.05, 3.63) is 24.3 Å². The van der Waals surface area contributed by atoms with Crippen molar-refractivity contribution < 1.29 is 24.5 Å². The molecule has 0 fully saturated rings. The minimum absolute atomic E-state index is 0.0166. The van der Waals surface area contributed by atoms with E-state index >= 15 is 0 Å². The summed E-state index contributed by atoms with van der Waals surface area (Å²) in [6, 6.07) is -0.554. The predicted octanol–water partition coefficient (Wildman–Crippen LogP) is 19.4. The molecule has 0 aromatic heterocycles. The topological polar surface area (TPSA) is 95.9 Å². The van der Waals surface area contributed by atoms with E-state index in [2.05, 4.69) is 43.5 Å². The fourth-order valence-electron chi connectivity index (χ4n) is 9.69. The number of ether oxygens (including phenoxy) is 1. The highest BCUT2D eigenvalue weighted by Gasteiger charge is 2.20. The van der Waals surface area contributed by atoms with Crippen LogP contribution in [0.4, 0.5) is 0 Å². The van der Waals surface area contributed by atoms with Gasteiger partial charge in [-0.2, -0.15) is 0 Å². The molecule has 2 atom stereocenters. The Kier molecular flexibility index (Phi) is 57.5. The molecule has 0 saturated carbocycles. The number of amides is 1. The fraction of sp³-hybridized carbons (Fsp3) is 0.905. The van der Waals surface area contributed by atoms with E-state index in [0.29, 0.717) is 25.9 Å². The van der Waals surface area contributed by atoms with Crippen LogP contribution in [0.3, 0.4) is 0 Å². The highest BCUT2D eigenvalue weighted by molar-refractivity contribution is 5.76. The van der Waals surface area contributed by atoms with Crippen molar-refractivity contribution in [2.75, 3.05) is 13.2 Å². The molecule has 69 heavy (non-hydrogen) atoms. The van der Waals surface area contributed by atoms with E-state index in [-0.39, 0.29) is 18.5 Å². The van der Waals surface area contributed by atoms with E-state index < -0.39 is 12.1 Å². The number of hydrogen-bond acceptors (Lipinski definition) is 5. The highest BCUT2D eigenvalue weighted by Crippen LogP contribution is 2.18. The SMILES string of the molecule is CCCCCCCCC/C=C\CCCCCCCC(=O)OCCCCCC/C=C\CCCCCCCCCC(=O)NC(CO)C(O)CCCCCCCCCCCCCCCCCCCCCCC. The first-order chi connectivity index (χ1) is 34.0. The van der Waals surface area contributed by atoms with E-state index in [1.54, 1.807) is 0 Å². The summed E-state index contributed by atoms with van der Waals surface area (Å²) in [4.78, 5) is 24.6. The highest BCUT2D eigenvalue weighted by atomic mass is 16.5. The molecule has 3 N–H and O–H groups in total. The van der Waals surface area contributed by atoms with Gasteiger partial charge in [0.1, 0.15) is 0 Å². The van der Waals surface area contributed by atoms with Crippen molar-refractivity contribution in [1.82, 2.24) is 5.32 Å². The van der Waals surface area contributed by atoms with Crippen LogP contribution in [-0.4, -0.2) is 47.4 Å². The molecule has 0 aliphatic heterocycles. The number of allylic oxidation sites excluding steroid dienone is 4. The standard InChI is InChI=1S/C63H121NO5/c1-3-5-7-9-11-13-15-17-19-21-22-23-24-25-27-31-35-39-43-47-51-55-61(66)60(59-65)64-62(67)56-52-48-44-40-36-32-28-26-30-34-38-42-46-50-54-58-69-63(68)57-53-49-45-41-37-33-29-20-18-16-14-12-10-8-6-4-2/h20,29-30,34,60-61,65-66H,3-19,21-28,31-33,35-59H2,1-2H3,(H,64,67)/b29-20-,34-30-. The molecule has 6 nitrogen and oxygen atoms in total. The fourth-order valence-corrected chi connectivity index (χ4v) is 9.69. The van der Waals surface area contributed by atoms with Crippen LogP contribution in [0.1, 0.15) is 341 Å². The van der Waals surface area contributed by atoms with Crippen molar-refractivity contribution in [2.24, 2.45) is 0 Å². The third-order valence-electron chi connectivity index (χ3n) is 14.5. The molecule has 0 rings (SSSR count). The first-order valence-corrected chi connectivity index (χ1v) is 31.1. The Morgan fingerprint density at radius 2 is 0.681 bits per heavy atom. The molecule has 0 spiro atoms. The number of esters is 1. The maximum atomic E-state index is 12.5. The molecule has 408 valence electrons. The van der Waals surface area contributed by atoms with Crippen LogP contribution in [0.15, 0.2) is 24.3 Å². The summed E-state index contributed by atoms with van der Waals surface area (Å²) < 4.78 is 5.47. The Labute approximate surface area is 431 Å².